The van der Waals surface area contributed by atoms with E-state index in [-0.39, 0.29) is 17.9 Å². The summed E-state index contributed by atoms with van der Waals surface area (Å²) in [5.74, 6) is 2.03. The van der Waals surface area contributed by atoms with Gasteiger partial charge in [0.05, 0.1) is 17.1 Å². The number of rotatable bonds is 6. The van der Waals surface area contributed by atoms with E-state index in [1.807, 2.05) is 67.8 Å². The smallest absolute Gasteiger partial charge is 0.243 e. The van der Waals surface area contributed by atoms with Crippen LogP contribution in [-0.2, 0) is 21.4 Å². The van der Waals surface area contributed by atoms with Gasteiger partial charge in [-0.2, -0.15) is 16.1 Å². The molecule has 6 nitrogen and oxygen atoms in total. The molecule has 0 unspecified atom stereocenters. The number of carbonyl (C=O) groups excluding carboxylic acids is 1. The van der Waals surface area contributed by atoms with Crippen LogP contribution >= 0.6 is 11.8 Å². The van der Waals surface area contributed by atoms with Crippen LogP contribution in [0.1, 0.15) is 41.6 Å². The molecule has 2 aliphatic heterocycles. The summed E-state index contributed by atoms with van der Waals surface area (Å²) in [5.41, 5.74) is 3.52. The van der Waals surface area contributed by atoms with E-state index in [1.54, 1.807) is 10.5 Å². The summed E-state index contributed by atoms with van der Waals surface area (Å²) in [6.45, 7) is 6.97. The van der Waals surface area contributed by atoms with E-state index in [2.05, 4.69) is 4.98 Å². The summed E-state index contributed by atoms with van der Waals surface area (Å²) in [6, 6.07) is 9.87. The molecule has 1 amide bonds. The molecule has 0 saturated carbocycles. The van der Waals surface area contributed by atoms with Gasteiger partial charge in [-0.25, -0.2) is 8.42 Å². The Morgan fingerprint density at radius 2 is 1.82 bits per heavy atom. The zero-order valence-electron chi connectivity index (χ0n) is 19.7. The van der Waals surface area contributed by atoms with Crippen molar-refractivity contribution < 1.29 is 13.2 Å². The fraction of sp³-hybridized carbons (Fsp3) is 0.520. The number of aryl methyl sites for hydroxylation is 3. The number of hydrogen-bond acceptors (Lipinski definition) is 5. The van der Waals surface area contributed by atoms with E-state index in [0.29, 0.717) is 37.4 Å². The maximum Gasteiger partial charge on any atom is 0.243 e. The van der Waals surface area contributed by atoms with Crippen LogP contribution in [0.25, 0.3) is 0 Å². The SMILES string of the molecule is Cc1cc(C)c(S(=O)(=O)N2CCC(C(=O)N(Cc3ccccn3)[C@@H]3CCSC3)CC2)c(C)c1. The summed E-state index contributed by atoms with van der Waals surface area (Å²) in [5, 5.41) is 0. The van der Waals surface area contributed by atoms with Crippen LogP contribution in [0.5, 0.6) is 0 Å². The molecule has 4 rings (SSSR count). The average Bonchev–Trinajstić information content (AvgIpc) is 3.31. The first-order valence-electron chi connectivity index (χ1n) is 11.6. The van der Waals surface area contributed by atoms with Gasteiger partial charge < -0.3 is 4.90 Å². The van der Waals surface area contributed by atoms with Gasteiger partial charge in [-0.1, -0.05) is 23.8 Å². The maximum absolute atomic E-state index is 13.6. The van der Waals surface area contributed by atoms with Crippen molar-refractivity contribution in [2.24, 2.45) is 5.92 Å². The lowest BCUT2D eigenvalue weighted by molar-refractivity contribution is -0.139. The third-order valence-electron chi connectivity index (χ3n) is 6.69. The monoisotopic (exact) mass is 487 g/mol. The molecule has 178 valence electrons. The number of nitrogens with zero attached hydrogens (tertiary/aromatic N) is 3. The first-order chi connectivity index (χ1) is 15.8. The fourth-order valence-electron chi connectivity index (χ4n) is 5.10. The molecule has 1 atom stereocenters. The molecular formula is C25H33N3O3S2. The first kappa shape index (κ1) is 24.2. The van der Waals surface area contributed by atoms with Crippen molar-refractivity contribution in [3.05, 3.63) is 58.9 Å². The van der Waals surface area contributed by atoms with Crippen molar-refractivity contribution in [1.82, 2.24) is 14.2 Å². The molecule has 1 aromatic heterocycles. The van der Waals surface area contributed by atoms with Crippen molar-refractivity contribution >= 4 is 27.7 Å². The lowest BCUT2D eigenvalue weighted by Crippen LogP contribution is -2.47. The minimum Gasteiger partial charge on any atom is -0.333 e. The van der Waals surface area contributed by atoms with Gasteiger partial charge in [0.1, 0.15) is 0 Å². The number of hydrogen-bond donors (Lipinski definition) is 0. The normalized spacial score (nSPS) is 20.2. The lowest BCUT2D eigenvalue weighted by Gasteiger charge is -2.36. The molecule has 3 heterocycles. The number of thioether (sulfide) groups is 1. The lowest BCUT2D eigenvalue weighted by atomic mass is 9.95. The van der Waals surface area contributed by atoms with Crippen LogP contribution in [0, 0.1) is 26.7 Å². The second-order valence-electron chi connectivity index (χ2n) is 9.21. The van der Waals surface area contributed by atoms with Crippen LogP contribution in [0.2, 0.25) is 0 Å². The Hall–Kier alpha value is -1.90. The summed E-state index contributed by atoms with van der Waals surface area (Å²) in [4.78, 5) is 20.4. The molecule has 33 heavy (non-hydrogen) atoms. The maximum atomic E-state index is 13.6. The first-order valence-corrected chi connectivity index (χ1v) is 14.2. The topological polar surface area (TPSA) is 70.6 Å². The van der Waals surface area contributed by atoms with Crippen LogP contribution in [0.15, 0.2) is 41.4 Å². The highest BCUT2D eigenvalue weighted by Gasteiger charge is 2.37. The number of aromatic nitrogens is 1. The quantitative estimate of drug-likeness (QED) is 0.617. The predicted octanol–water partition coefficient (Wildman–Crippen LogP) is 3.94. The van der Waals surface area contributed by atoms with Gasteiger partial charge in [0.2, 0.25) is 15.9 Å². The van der Waals surface area contributed by atoms with Crippen molar-refractivity contribution in [1.29, 1.82) is 0 Å². The van der Waals surface area contributed by atoms with E-state index in [1.165, 1.54) is 0 Å². The van der Waals surface area contributed by atoms with Crippen molar-refractivity contribution in [2.75, 3.05) is 24.6 Å². The number of pyridine rings is 1. The Morgan fingerprint density at radius 1 is 1.12 bits per heavy atom. The molecule has 2 fully saturated rings. The molecule has 0 N–H and O–H groups in total. The van der Waals surface area contributed by atoms with Gasteiger partial charge in [-0.3, -0.25) is 9.78 Å². The van der Waals surface area contributed by atoms with Crippen LogP contribution < -0.4 is 0 Å². The molecule has 1 aromatic carbocycles. The molecule has 2 aromatic rings. The van der Waals surface area contributed by atoms with Gasteiger partial charge >= 0.3 is 0 Å². The molecule has 0 bridgehead atoms. The van der Waals surface area contributed by atoms with Crippen molar-refractivity contribution in [2.45, 2.75) is 57.5 Å². The number of piperidine rings is 1. The highest BCUT2D eigenvalue weighted by molar-refractivity contribution is 7.99. The zero-order valence-corrected chi connectivity index (χ0v) is 21.3. The van der Waals surface area contributed by atoms with Crippen molar-refractivity contribution in [3.63, 3.8) is 0 Å². The molecule has 2 saturated heterocycles. The molecule has 0 radical (unpaired) electrons. The second kappa shape index (κ2) is 10.2. The Morgan fingerprint density at radius 3 is 2.39 bits per heavy atom. The molecule has 8 heteroatoms. The number of benzene rings is 1. The van der Waals surface area contributed by atoms with Gasteiger partial charge in [0.25, 0.3) is 0 Å². The summed E-state index contributed by atoms with van der Waals surface area (Å²) < 4.78 is 28.4. The third-order valence-corrected chi connectivity index (χ3v) is 10.0. The van der Waals surface area contributed by atoms with Gasteiger partial charge in [0, 0.05) is 37.0 Å². The van der Waals surface area contributed by atoms with Crippen LogP contribution in [0.3, 0.4) is 0 Å². The number of carbonyl (C=O) groups is 1. The molecule has 0 spiro atoms. The predicted molar refractivity (Wildman–Crippen MR) is 133 cm³/mol. The van der Waals surface area contributed by atoms with E-state index in [0.717, 1.165) is 40.3 Å². The molecular weight excluding hydrogens is 454 g/mol. The Balaban J connectivity index is 1.47. The highest BCUT2D eigenvalue weighted by Crippen LogP contribution is 2.31. The average molecular weight is 488 g/mol. The number of amides is 1. The molecule has 0 aliphatic carbocycles. The standard InChI is InChI=1S/C25H33N3O3S2/c1-18-14-19(2)24(20(3)15-18)33(30,31)27-11-7-21(8-12-27)25(29)28(23-9-13-32-17-23)16-22-6-4-5-10-26-22/h4-6,10,14-15,21,23H,7-9,11-13,16-17H2,1-3H3/t23-/m1/s1. The van der Waals surface area contributed by atoms with Crippen LogP contribution in [-0.4, -0.2) is 59.2 Å². The van der Waals surface area contributed by atoms with Gasteiger partial charge in [-0.15, -0.1) is 0 Å². The fourth-order valence-corrected chi connectivity index (χ4v) is 8.21. The minimum absolute atomic E-state index is 0.146. The van der Waals surface area contributed by atoms with Gasteiger partial charge in [0.15, 0.2) is 0 Å². The third kappa shape index (κ3) is 5.28. The molecule has 2 aliphatic rings. The number of sulfonamides is 1. The second-order valence-corrected chi connectivity index (χ2v) is 12.2. The Bertz CT molecular complexity index is 1070. The van der Waals surface area contributed by atoms with E-state index < -0.39 is 10.0 Å². The van der Waals surface area contributed by atoms with Gasteiger partial charge in [-0.05, 0) is 69.0 Å². The van der Waals surface area contributed by atoms with E-state index >= 15 is 0 Å². The van der Waals surface area contributed by atoms with E-state index in [4.69, 9.17) is 0 Å². The Labute approximate surface area is 201 Å². The summed E-state index contributed by atoms with van der Waals surface area (Å²) >= 11 is 1.89. The highest BCUT2D eigenvalue weighted by atomic mass is 32.2. The largest absolute Gasteiger partial charge is 0.333 e. The zero-order chi connectivity index (χ0) is 23.6. The summed E-state index contributed by atoms with van der Waals surface area (Å²) in [6.07, 6.45) is 3.88. The van der Waals surface area contributed by atoms with Crippen LogP contribution in [0.4, 0.5) is 0 Å². The van der Waals surface area contributed by atoms with E-state index in [9.17, 15) is 13.2 Å². The summed E-state index contributed by atoms with van der Waals surface area (Å²) in [7, 11) is -3.58. The minimum atomic E-state index is -3.58. The Kier molecular flexibility index (Phi) is 7.46. The van der Waals surface area contributed by atoms with Crippen molar-refractivity contribution in [3.8, 4) is 0 Å².